The molecular formula is C8H15N3O2S. The Labute approximate surface area is 88.6 Å². The van der Waals surface area contributed by atoms with Gasteiger partial charge in [0.2, 0.25) is 11.8 Å². The van der Waals surface area contributed by atoms with Crippen LogP contribution < -0.4 is 11.1 Å². The van der Waals surface area contributed by atoms with Crippen molar-refractivity contribution in [2.45, 2.75) is 13.3 Å². The molecule has 0 radical (unpaired) electrons. The maximum Gasteiger partial charge on any atom is 0.239 e. The molecule has 0 aliphatic carbocycles. The van der Waals surface area contributed by atoms with E-state index in [1.54, 1.807) is 0 Å². The summed E-state index contributed by atoms with van der Waals surface area (Å²) in [6.45, 7) is 2.40. The van der Waals surface area contributed by atoms with Crippen LogP contribution in [0.2, 0.25) is 0 Å². The molecule has 0 saturated carbocycles. The lowest BCUT2D eigenvalue weighted by Gasteiger charge is -2.15. The number of thiocarbonyl (C=S) groups is 1. The molecule has 2 amide bonds. The smallest absolute Gasteiger partial charge is 0.239 e. The first kappa shape index (κ1) is 12.8. The predicted octanol–water partition coefficient (Wildman–Crippen LogP) is -0.743. The summed E-state index contributed by atoms with van der Waals surface area (Å²) >= 11 is 4.59. The first-order valence-corrected chi connectivity index (χ1v) is 4.67. The average Bonchev–Trinajstić information content (AvgIpc) is 2.02. The van der Waals surface area contributed by atoms with Gasteiger partial charge in [0.25, 0.3) is 0 Å². The Balaban J connectivity index is 3.94. The van der Waals surface area contributed by atoms with Gasteiger partial charge in [0.1, 0.15) is 0 Å². The molecule has 0 aliphatic rings. The van der Waals surface area contributed by atoms with Crippen LogP contribution in [0.1, 0.15) is 13.3 Å². The fourth-order valence-corrected chi connectivity index (χ4v) is 0.964. The van der Waals surface area contributed by atoms with E-state index in [2.05, 4.69) is 17.5 Å². The largest absolute Gasteiger partial charge is 0.393 e. The summed E-state index contributed by atoms with van der Waals surface area (Å²) < 4.78 is 0. The Morgan fingerprint density at radius 1 is 1.50 bits per heavy atom. The molecule has 5 nitrogen and oxygen atoms in total. The van der Waals surface area contributed by atoms with E-state index in [9.17, 15) is 9.59 Å². The third-order valence-corrected chi connectivity index (χ3v) is 1.65. The van der Waals surface area contributed by atoms with Crippen molar-refractivity contribution in [3.05, 3.63) is 0 Å². The first-order valence-electron chi connectivity index (χ1n) is 4.26. The van der Waals surface area contributed by atoms with Crippen LogP contribution in [0.4, 0.5) is 0 Å². The zero-order chi connectivity index (χ0) is 11.1. The molecule has 0 aromatic carbocycles. The van der Waals surface area contributed by atoms with Crippen LogP contribution in [0.25, 0.3) is 0 Å². The number of nitrogens with two attached hydrogens (primary N) is 1. The summed E-state index contributed by atoms with van der Waals surface area (Å²) in [5.74, 6) is -0.435. The van der Waals surface area contributed by atoms with E-state index in [4.69, 9.17) is 5.73 Å². The third kappa shape index (κ3) is 5.47. The summed E-state index contributed by atoms with van der Waals surface area (Å²) in [7, 11) is 1.54. The molecule has 14 heavy (non-hydrogen) atoms. The second-order valence-electron chi connectivity index (χ2n) is 2.85. The van der Waals surface area contributed by atoms with E-state index in [-0.39, 0.29) is 29.8 Å². The minimum Gasteiger partial charge on any atom is -0.393 e. The van der Waals surface area contributed by atoms with Crippen LogP contribution in [0.5, 0.6) is 0 Å². The highest BCUT2D eigenvalue weighted by Crippen LogP contribution is 1.90. The molecule has 0 aromatic rings. The second-order valence-corrected chi connectivity index (χ2v) is 3.37. The summed E-state index contributed by atoms with van der Waals surface area (Å²) in [5, 5.41) is 2.59. The lowest BCUT2D eigenvalue weighted by molar-refractivity contribution is -0.133. The van der Waals surface area contributed by atoms with Crippen molar-refractivity contribution in [3.8, 4) is 0 Å². The van der Waals surface area contributed by atoms with E-state index < -0.39 is 0 Å². The molecule has 0 aromatic heterocycles. The van der Waals surface area contributed by atoms with Crippen molar-refractivity contribution in [2.24, 2.45) is 5.73 Å². The quantitative estimate of drug-likeness (QED) is 0.595. The molecule has 0 spiro atoms. The van der Waals surface area contributed by atoms with Crippen LogP contribution in [-0.4, -0.2) is 41.8 Å². The highest BCUT2D eigenvalue weighted by atomic mass is 32.1. The maximum atomic E-state index is 11.3. The molecular weight excluding hydrogens is 202 g/mol. The average molecular weight is 217 g/mol. The van der Waals surface area contributed by atoms with Gasteiger partial charge >= 0.3 is 0 Å². The number of amides is 2. The number of likely N-dealkylation sites (N-methyl/N-ethyl adjacent to an activating group) is 2. The Bertz CT molecular complexity index is 243. The van der Waals surface area contributed by atoms with Gasteiger partial charge in [0, 0.05) is 13.6 Å². The number of hydrogen-bond acceptors (Lipinski definition) is 3. The number of nitrogens with one attached hydrogen (secondary N) is 1. The van der Waals surface area contributed by atoms with Gasteiger partial charge in [-0.05, 0) is 6.92 Å². The van der Waals surface area contributed by atoms with Crippen LogP contribution in [0.3, 0.4) is 0 Å². The van der Waals surface area contributed by atoms with Gasteiger partial charge in [-0.25, -0.2) is 0 Å². The molecule has 0 aliphatic heterocycles. The molecule has 0 atom stereocenters. The van der Waals surface area contributed by atoms with E-state index in [0.29, 0.717) is 6.54 Å². The standard InChI is InChI=1S/C8H15N3O2S/c1-3-10-7(12)5-11(2)8(13)4-6(9)14/h3-5H2,1-2H3,(H2,9,14)(H,10,12). The number of hydrogen-bond donors (Lipinski definition) is 2. The predicted molar refractivity (Wildman–Crippen MR) is 57.7 cm³/mol. The molecule has 0 bridgehead atoms. The molecule has 80 valence electrons. The van der Waals surface area contributed by atoms with Crippen molar-refractivity contribution in [2.75, 3.05) is 20.1 Å². The third-order valence-electron chi connectivity index (χ3n) is 1.51. The lowest BCUT2D eigenvalue weighted by Crippen LogP contribution is -2.39. The monoisotopic (exact) mass is 217 g/mol. The van der Waals surface area contributed by atoms with Gasteiger partial charge in [0.05, 0.1) is 18.0 Å². The molecule has 0 heterocycles. The summed E-state index contributed by atoms with van der Waals surface area (Å²) in [5.41, 5.74) is 5.20. The van der Waals surface area contributed by atoms with Gasteiger partial charge in [0.15, 0.2) is 0 Å². The lowest BCUT2D eigenvalue weighted by atomic mass is 10.3. The van der Waals surface area contributed by atoms with Gasteiger partial charge in [-0.1, -0.05) is 12.2 Å². The number of carbonyl (C=O) groups excluding carboxylic acids is 2. The number of nitrogens with zero attached hydrogens (tertiary/aromatic N) is 1. The second kappa shape index (κ2) is 6.31. The van der Waals surface area contributed by atoms with Crippen LogP contribution in [0.15, 0.2) is 0 Å². The zero-order valence-electron chi connectivity index (χ0n) is 8.37. The minimum atomic E-state index is -0.247. The van der Waals surface area contributed by atoms with E-state index in [1.165, 1.54) is 11.9 Å². The molecule has 0 unspecified atom stereocenters. The summed E-state index contributed by atoms with van der Waals surface area (Å²) in [6.07, 6.45) is 0.00520. The normalized spacial score (nSPS) is 9.29. The maximum absolute atomic E-state index is 11.3. The van der Waals surface area contributed by atoms with E-state index >= 15 is 0 Å². The van der Waals surface area contributed by atoms with Crippen LogP contribution in [-0.2, 0) is 9.59 Å². The fraction of sp³-hybridized carbons (Fsp3) is 0.625. The van der Waals surface area contributed by atoms with Gasteiger partial charge < -0.3 is 16.0 Å². The Hall–Kier alpha value is -1.17. The fourth-order valence-electron chi connectivity index (χ4n) is 0.841. The molecule has 0 rings (SSSR count). The van der Waals surface area contributed by atoms with Crippen molar-refractivity contribution in [1.29, 1.82) is 0 Å². The van der Waals surface area contributed by atoms with Crippen molar-refractivity contribution in [1.82, 2.24) is 10.2 Å². The summed E-state index contributed by atoms with van der Waals surface area (Å²) in [6, 6.07) is 0. The van der Waals surface area contributed by atoms with Crippen LogP contribution in [0, 0.1) is 0 Å². The molecule has 3 N–H and O–H groups in total. The van der Waals surface area contributed by atoms with Gasteiger partial charge in [-0.3, -0.25) is 9.59 Å². The highest BCUT2D eigenvalue weighted by molar-refractivity contribution is 7.80. The van der Waals surface area contributed by atoms with E-state index in [1.807, 2.05) is 6.92 Å². The Kier molecular flexibility index (Phi) is 5.78. The SMILES string of the molecule is CCNC(=O)CN(C)C(=O)CC(N)=S. The van der Waals surface area contributed by atoms with Crippen molar-refractivity contribution in [3.63, 3.8) is 0 Å². The number of carbonyl (C=O) groups is 2. The van der Waals surface area contributed by atoms with Crippen molar-refractivity contribution < 1.29 is 9.59 Å². The van der Waals surface area contributed by atoms with Gasteiger partial charge in [-0.15, -0.1) is 0 Å². The van der Waals surface area contributed by atoms with Crippen molar-refractivity contribution >= 4 is 29.0 Å². The van der Waals surface area contributed by atoms with Crippen LogP contribution >= 0.6 is 12.2 Å². The van der Waals surface area contributed by atoms with Gasteiger partial charge in [-0.2, -0.15) is 0 Å². The Morgan fingerprint density at radius 3 is 2.50 bits per heavy atom. The molecule has 6 heteroatoms. The molecule has 0 fully saturated rings. The first-order chi connectivity index (χ1) is 6.47. The highest BCUT2D eigenvalue weighted by Gasteiger charge is 2.12. The van der Waals surface area contributed by atoms with E-state index in [0.717, 1.165) is 0 Å². The minimum absolute atomic E-state index is 0.00520. The zero-order valence-corrected chi connectivity index (χ0v) is 9.19. The number of rotatable bonds is 5. The Morgan fingerprint density at radius 2 is 2.07 bits per heavy atom. The molecule has 0 saturated heterocycles. The summed E-state index contributed by atoms with van der Waals surface area (Å²) in [4.78, 5) is 23.8. The topological polar surface area (TPSA) is 75.4 Å².